The normalized spacial score (nSPS) is 30.6. The van der Waals surface area contributed by atoms with Gasteiger partial charge in [-0.2, -0.15) is 0 Å². The standard InChI is InChI=1S/C15H25NO4/c1-10-8-11(9-19-10)13(17)16-7-5-6-12(16)14(18)20-15(2,3)4/h10-12H,5-9H2,1-4H3/t10?,11?,12-/m1/s1. The van der Waals surface area contributed by atoms with Crippen LogP contribution in [0.1, 0.15) is 47.0 Å². The van der Waals surface area contributed by atoms with E-state index in [1.165, 1.54) is 0 Å². The van der Waals surface area contributed by atoms with E-state index >= 15 is 0 Å². The number of hydrogen-bond donors (Lipinski definition) is 0. The number of nitrogens with zero attached hydrogens (tertiary/aromatic N) is 1. The minimum Gasteiger partial charge on any atom is -0.458 e. The molecule has 2 aliphatic rings. The van der Waals surface area contributed by atoms with Gasteiger partial charge in [0, 0.05) is 6.54 Å². The zero-order valence-corrected chi connectivity index (χ0v) is 12.8. The van der Waals surface area contributed by atoms with E-state index in [1.54, 1.807) is 4.90 Å². The van der Waals surface area contributed by atoms with Crippen LogP contribution in [0, 0.1) is 5.92 Å². The van der Waals surface area contributed by atoms with Crippen LogP contribution in [0.4, 0.5) is 0 Å². The zero-order chi connectivity index (χ0) is 14.9. The van der Waals surface area contributed by atoms with Crippen molar-refractivity contribution in [2.24, 2.45) is 5.92 Å². The molecule has 0 aromatic rings. The topological polar surface area (TPSA) is 55.8 Å². The number of esters is 1. The molecule has 2 saturated heterocycles. The summed E-state index contributed by atoms with van der Waals surface area (Å²) in [6.45, 7) is 8.63. The molecule has 114 valence electrons. The van der Waals surface area contributed by atoms with Gasteiger partial charge >= 0.3 is 5.97 Å². The molecule has 0 spiro atoms. The molecule has 5 nitrogen and oxygen atoms in total. The van der Waals surface area contributed by atoms with Gasteiger partial charge in [0.25, 0.3) is 0 Å². The number of hydrogen-bond acceptors (Lipinski definition) is 4. The van der Waals surface area contributed by atoms with Gasteiger partial charge in [0.05, 0.1) is 18.6 Å². The molecule has 0 bridgehead atoms. The molecule has 2 rings (SSSR count). The Kier molecular flexibility index (Phi) is 4.37. The third kappa shape index (κ3) is 3.51. The van der Waals surface area contributed by atoms with Gasteiger partial charge in [-0.25, -0.2) is 4.79 Å². The molecule has 20 heavy (non-hydrogen) atoms. The summed E-state index contributed by atoms with van der Waals surface area (Å²) in [5.74, 6) is -0.342. The molecule has 2 heterocycles. The molecule has 3 atom stereocenters. The third-order valence-electron chi connectivity index (χ3n) is 3.76. The minimum absolute atomic E-state index is 0.0442. The first kappa shape index (κ1) is 15.3. The van der Waals surface area contributed by atoms with Gasteiger partial charge in [-0.05, 0) is 47.0 Å². The summed E-state index contributed by atoms with van der Waals surface area (Å²) in [5.41, 5.74) is -0.515. The summed E-state index contributed by atoms with van der Waals surface area (Å²) in [5, 5.41) is 0. The molecule has 2 unspecified atom stereocenters. The van der Waals surface area contributed by atoms with E-state index in [0.29, 0.717) is 19.6 Å². The van der Waals surface area contributed by atoms with Gasteiger partial charge in [-0.15, -0.1) is 0 Å². The second-order valence-corrected chi connectivity index (χ2v) is 6.80. The lowest BCUT2D eigenvalue weighted by atomic mass is 10.0. The lowest BCUT2D eigenvalue weighted by Gasteiger charge is -2.28. The van der Waals surface area contributed by atoms with E-state index in [0.717, 1.165) is 12.8 Å². The Labute approximate surface area is 120 Å². The summed E-state index contributed by atoms with van der Waals surface area (Å²) in [7, 11) is 0. The largest absolute Gasteiger partial charge is 0.458 e. The first-order valence-corrected chi connectivity index (χ1v) is 7.43. The van der Waals surface area contributed by atoms with Crippen LogP contribution in [0.5, 0.6) is 0 Å². The number of carbonyl (C=O) groups excluding carboxylic acids is 2. The predicted octanol–water partition coefficient (Wildman–Crippen LogP) is 1.74. The molecule has 0 aromatic carbocycles. The molecule has 0 radical (unpaired) electrons. The fraction of sp³-hybridized carbons (Fsp3) is 0.867. The van der Waals surface area contributed by atoms with Crippen LogP contribution in [0.25, 0.3) is 0 Å². The van der Waals surface area contributed by atoms with Crippen LogP contribution in [0.15, 0.2) is 0 Å². The number of amides is 1. The molecule has 0 aromatic heterocycles. The smallest absolute Gasteiger partial charge is 0.329 e. The van der Waals surface area contributed by atoms with Gasteiger partial charge in [0.15, 0.2) is 0 Å². The highest BCUT2D eigenvalue weighted by atomic mass is 16.6. The van der Waals surface area contributed by atoms with Crippen molar-refractivity contribution in [3.8, 4) is 0 Å². The first-order valence-electron chi connectivity index (χ1n) is 7.43. The Bertz CT molecular complexity index is 388. The minimum atomic E-state index is -0.515. The van der Waals surface area contributed by atoms with E-state index in [2.05, 4.69) is 0 Å². The highest BCUT2D eigenvalue weighted by molar-refractivity contribution is 5.86. The lowest BCUT2D eigenvalue weighted by molar-refractivity contribution is -0.164. The SMILES string of the molecule is CC1CC(C(=O)N2CCC[C@@H]2C(=O)OC(C)(C)C)CO1. The van der Waals surface area contributed by atoms with Gasteiger partial charge in [-0.1, -0.05) is 0 Å². The van der Waals surface area contributed by atoms with Crippen molar-refractivity contribution >= 4 is 11.9 Å². The Morgan fingerprint density at radius 1 is 1.30 bits per heavy atom. The fourth-order valence-corrected chi connectivity index (χ4v) is 2.87. The fourth-order valence-electron chi connectivity index (χ4n) is 2.87. The van der Waals surface area contributed by atoms with Crippen LogP contribution in [-0.2, 0) is 19.1 Å². The average Bonchev–Trinajstić information content (AvgIpc) is 2.93. The lowest BCUT2D eigenvalue weighted by Crippen LogP contribution is -2.46. The van der Waals surface area contributed by atoms with Gasteiger partial charge < -0.3 is 14.4 Å². The first-order chi connectivity index (χ1) is 9.28. The molecular weight excluding hydrogens is 258 g/mol. The van der Waals surface area contributed by atoms with Crippen molar-refractivity contribution in [2.45, 2.75) is 64.7 Å². The van der Waals surface area contributed by atoms with Crippen LogP contribution in [0.2, 0.25) is 0 Å². The van der Waals surface area contributed by atoms with E-state index < -0.39 is 11.6 Å². The second kappa shape index (κ2) is 5.72. The molecule has 1 amide bonds. The van der Waals surface area contributed by atoms with E-state index in [9.17, 15) is 9.59 Å². The van der Waals surface area contributed by atoms with E-state index in [-0.39, 0.29) is 23.9 Å². The summed E-state index contributed by atoms with van der Waals surface area (Å²) in [6.07, 6.45) is 2.44. The number of ether oxygens (including phenoxy) is 2. The molecule has 0 N–H and O–H groups in total. The molecule has 2 fully saturated rings. The van der Waals surface area contributed by atoms with Crippen LogP contribution in [-0.4, -0.2) is 47.7 Å². The van der Waals surface area contributed by atoms with Gasteiger partial charge in [0.2, 0.25) is 5.91 Å². The highest BCUT2D eigenvalue weighted by Gasteiger charge is 2.40. The molecule has 5 heteroatoms. The van der Waals surface area contributed by atoms with Crippen LogP contribution >= 0.6 is 0 Å². The Morgan fingerprint density at radius 3 is 2.55 bits per heavy atom. The molecule has 2 aliphatic heterocycles. The van der Waals surface area contributed by atoms with Crippen molar-refractivity contribution < 1.29 is 19.1 Å². The summed E-state index contributed by atoms with van der Waals surface area (Å²) < 4.78 is 10.9. The quantitative estimate of drug-likeness (QED) is 0.724. The molecular formula is C15H25NO4. The van der Waals surface area contributed by atoms with Crippen LogP contribution < -0.4 is 0 Å². The maximum atomic E-state index is 12.5. The van der Waals surface area contributed by atoms with Crippen molar-refractivity contribution in [1.82, 2.24) is 4.90 Å². The Morgan fingerprint density at radius 2 is 2.00 bits per heavy atom. The summed E-state index contributed by atoms with van der Waals surface area (Å²) in [4.78, 5) is 26.4. The van der Waals surface area contributed by atoms with Crippen molar-refractivity contribution in [2.75, 3.05) is 13.2 Å². The summed E-state index contributed by atoms with van der Waals surface area (Å²) in [6, 6.07) is -0.419. The molecule has 0 saturated carbocycles. The molecule has 0 aliphatic carbocycles. The van der Waals surface area contributed by atoms with Gasteiger partial charge in [-0.3, -0.25) is 4.79 Å². The Hall–Kier alpha value is -1.10. The van der Waals surface area contributed by atoms with Crippen molar-refractivity contribution in [3.63, 3.8) is 0 Å². The van der Waals surface area contributed by atoms with Crippen molar-refractivity contribution in [1.29, 1.82) is 0 Å². The number of carbonyl (C=O) groups is 2. The van der Waals surface area contributed by atoms with Gasteiger partial charge in [0.1, 0.15) is 11.6 Å². The number of likely N-dealkylation sites (tertiary alicyclic amines) is 1. The summed E-state index contributed by atoms with van der Waals surface area (Å²) >= 11 is 0. The van der Waals surface area contributed by atoms with E-state index in [4.69, 9.17) is 9.47 Å². The predicted molar refractivity (Wildman–Crippen MR) is 74.1 cm³/mol. The van der Waals surface area contributed by atoms with Crippen molar-refractivity contribution in [3.05, 3.63) is 0 Å². The maximum Gasteiger partial charge on any atom is 0.329 e. The third-order valence-corrected chi connectivity index (χ3v) is 3.76. The second-order valence-electron chi connectivity index (χ2n) is 6.80. The zero-order valence-electron chi connectivity index (χ0n) is 12.8. The van der Waals surface area contributed by atoms with Crippen LogP contribution in [0.3, 0.4) is 0 Å². The Balaban J connectivity index is 2.00. The number of rotatable bonds is 2. The average molecular weight is 283 g/mol. The monoisotopic (exact) mass is 283 g/mol. The highest BCUT2D eigenvalue weighted by Crippen LogP contribution is 2.27. The van der Waals surface area contributed by atoms with E-state index in [1.807, 2.05) is 27.7 Å². The maximum absolute atomic E-state index is 12.5.